The maximum Gasteiger partial charge on any atom is 0.306 e. The van der Waals surface area contributed by atoms with Gasteiger partial charge in [-0.1, -0.05) is 299 Å². The molecule has 6 nitrogen and oxygen atoms in total. The van der Waals surface area contributed by atoms with Crippen LogP contribution in [0.1, 0.15) is 323 Å². The molecule has 0 saturated heterocycles. The Hall–Kier alpha value is -3.15. The van der Waals surface area contributed by atoms with E-state index in [0.29, 0.717) is 19.3 Å². The quantitative estimate of drug-likeness (QED) is 0.0261. The molecule has 0 aliphatic heterocycles. The molecule has 0 spiro atoms. The molecule has 0 saturated carbocycles. The predicted molar refractivity (Wildman–Crippen MR) is 321 cm³/mol. The number of unbranched alkanes of at least 4 members (excludes halogenated alkanes) is 35. The maximum atomic E-state index is 12.7. The van der Waals surface area contributed by atoms with Crippen LogP contribution < -0.4 is 0 Å². The molecular weight excluding hydrogens is 913 g/mol. The molecule has 0 aromatic heterocycles. The van der Waals surface area contributed by atoms with Crippen molar-refractivity contribution in [3.63, 3.8) is 0 Å². The van der Waals surface area contributed by atoms with E-state index in [1.54, 1.807) is 0 Å². The number of hydrogen-bond acceptors (Lipinski definition) is 6. The van der Waals surface area contributed by atoms with E-state index in [2.05, 4.69) is 87.6 Å². The topological polar surface area (TPSA) is 78.9 Å². The Morgan fingerprint density at radius 2 is 0.554 bits per heavy atom. The number of ether oxygens (including phenoxy) is 3. The molecule has 0 radical (unpaired) electrons. The molecule has 0 N–H and O–H groups in total. The van der Waals surface area contributed by atoms with Gasteiger partial charge in [-0.3, -0.25) is 14.4 Å². The first-order valence-electron chi connectivity index (χ1n) is 31.9. The summed E-state index contributed by atoms with van der Waals surface area (Å²) in [6.07, 6.45) is 81.2. The van der Waals surface area contributed by atoms with Crippen molar-refractivity contribution in [3.8, 4) is 0 Å². The van der Waals surface area contributed by atoms with Gasteiger partial charge < -0.3 is 14.2 Å². The number of hydrogen-bond donors (Lipinski definition) is 0. The van der Waals surface area contributed by atoms with Gasteiger partial charge in [0.1, 0.15) is 13.2 Å². The van der Waals surface area contributed by atoms with E-state index in [4.69, 9.17) is 14.2 Å². The van der Waals surface area contributed by atoms with E-state index in [9.17, 15) is 14.4 Å². The molecule has 0 aromatic rings. The smallest absolute Gasteiger partial charge is 0.306 e. The molecule has 6 heteroatoms. The van der Waals surface area contributed by atoms with Gasteiger partial charge in [-0.15, -0.1) is 0 Å². The number of rotatable bonds is 58. The Labute approximate surface area is 459 Å². The van der Waals surface area contributed by atoms with Crippen LogP contribution >= 0.6 is 0 Å². The van der Waals surface area contributed by atoms with Crippen molar-refractivity contribution < 1.29 is 28.6 Å². The van der Waals surface area contributed by atoms with Gasteiger partial charge in [-0.2, -0.15) is 0 Å². The summed E-state index contributed by atoms with van der Waals surface area (Å²) in [5.41, 5.74) is 0. The lowest BCUT2D eigenvalue weighted by Gasteiger charge is -2.18. The summed E-state index contributed by atoms with van der Waals surface area (Å²) < 4.78 is 16.7. The van der Waals surface area contributed by atoms with Gasteiger partial charge in [0.15, 0.2) is 6.10 Å². The van der Waals surface area contributed by atoms with Crippen LogP contribution in [0.15, 0.2) is 72.9 Å². The third kappa shape index (κ3) is 59.7. The van der Waals surface area contributed by atoms with Crippen LogP contribution in [0.5, 0.6) is 0 Å². The highest BCUT2D eigenvalue weighted by molar-refractivity contribution is 5.71. The number of allylic oxidation sites excluding steroid dienone is 12. The average Bonchev–Trinajstić information content (AvgIpc) is 3.40. The molecule has 0 amide bonds. The minimum atomic E-state index is -0.808. The lowest BCUT2D eigenvalue weighted by atomic mass is 10.0. The lowest BCUT2D eigenvalue weighted by Crippen LogP contribution is -2.30. The van der Waals surface area contributed by atoms with Crippen LogP contribution in [0.4, 0.5) is 0 Å². The summed E-state index contributed by atoms with van der Waals surface area (Å²) in [5.74, 6) is -0.977. The van der Waals surface area contributed by atoms with Crippen LogP contribution in [0.25, 0.3) is 0 Å². The highest BCUT2D eigenvalue weighted by Gasteiger charge is 2.19. The van der Waals surface area contributed by atoms with E-state index in [1.165, 1.54) is 205 Å². The molecule has 0 aromatic carbocycles. The van der Waals surface area contributed by atoms with E-state index < -0.39 is 6.10 Å². The van der Waals surface area contributed by atoms with Gasteiger partial charge in [-0.25, -0.2) is 0 Å². The number of carbonyl (C=O) groups is 3. The molecule has 0 bridgehead atoms. The normalized spacial score (nSPS) is 12.5. The fraction of sp³-hybridized carbons (Fsp3) is 0.779. The fourth-order valence-electron chi connectivity index (χ4n) is 9.20. The van der Waals surface area contributed by atoms with Crippen molar-refractivity contribution >= 4 is 17.9 Å². The highest BCUT2D eigenvalue weighted by Crippen LogP contribution is 2.17. The SMILES string of the molecule is CC/C=C\C/C=C\C/C=C\C/C=C\CCC(=O)OC(COC(=O)CCCCCCCCCC)COC(=O)CCCCCCCCCCCCCCCCCCCCCCCCC/C=C\C/C=C\CCCCCCC. The first-order chi connectivity index (χ1) is 36.5. The molecule has 428 valence electrons. The summed E-state index contributed by atoms with van der Waals surface area (Å²) in [6.45, 7) is 6.44. The van der Waals surface area contributed by atoms with E-state index >= 15 is 0 Å². The molecule has 0 rings (SSSR count). The molecular formula is C68H120O6. The van der Waals surface area contributed by atoms with Gasteiger partial charge in [-0.05, 0) is 77.0 Å². The lowest BCUT2D eigenvalue weighted by molar-refractivity contribution is -0.166. The van der Waals surface area contributed by atoms with Gasteiger partial charge in [0.05, 0.1) is 0 Å². The molecule has 0 aliphatic carbocycles. The third-order valence-corrected chi connectivity index (χ3v) is 14.0. The molecule has 74 heavy (non-hydrogen) atoms. The van der Waals surface area contributed by atoms with E-state index in [0.717, 1.165) is 70.6 Å². The van der Waals surface area contributed by atoms with Crippen LogP contribution in [-0.4, -0.2) is 37.2 Å². The Morgan fingerprint density at radius 1 is 0.284 bits per heavy atom. The molecule has 0 fully saturated rings. The maximum absolute atomic E-state index is 12.7. The second-order valence-corrected chi connectivity index (χ2v) is 21.3. The van der Waals surface area contributed by atoms with Crippen LogP contribution in [0, 0.1) is 0 Å². The molecule has 0 heterocycles. The minimum Gasteiger partial charge on any atom is -0.462 e. The first-order valence-corrected chi connectivity index (χ1v) is 31.9. The Kier molecular flexibility index (Phi) is 59.7. The summed E-state index contributed by atoms with van der Waals surface area (Å²) in [4.78, 5) is 37.9. The van der Waals surface area contributed by atoms with Crippen molar-refractivity contribution in [2.24, 2.45) is 0 Å². The zero-order valence-corrected chi connectivity index (χ0v) is 49.1. The number of carbonyl (C=O) groups excluding carboxylic acids is 3. The van der Waals surface area contributed by atoms with Crippen molar-refractivity contribution in [2.45, 2.75) is 329 Å². The van der Waals surface area contributed by atoms with Crippen LogP contribution in [-0.2, 0) is 28.6 Å². The Bertz CT molecular complexity index is 1370. The van der Waals surface area contributed by atoms with Crippen molar-refractivity contribution in [3.05, 3.63) is 72.9 Å². The largest absolute Gasteiger partial charge is 0.462 e. The van der Waals surface area contributed by atoms with Gasteiger partial charge >= 0.3 is 17.9 Å². The zero-order valence-electron chi connectivity index (χ0n) is 49.1. The Balaban J connectivity index is 3.97. The second kappa shape index (κ2) is 62.4. The van der Waals surface area contributed by atoms with Crippen molar-refractivity contribution in [2.75, 3.05) is 13.2 Å². The summed E-state index contributed by atoms with van der Waals surface area (Å²) in [7, 11) is 0. The number of esters is 3. The minimum absolute atomic E-state index is 0.100. The average molecular weight is 1030 g/mol. The van der Waals surface area contributed by atoms with Crippen molar-refractivity contribution in [1.82, 2.24) is 0 Å². The van der Waals surface area contributed by atoms with Gasteiger partial charge in [0.25, 0.3) is 0 Å². The molecule has 1 atom stereocenters. The van der Waals surface area contributed by atoms with Gasteiger partial charge in [0.2, 0.25) is 0 Å². The summed E-state index contributed by atoms with van der Waals surface area (Å²) in [6, 6.07) is 0. The standard InChI is InChI=1S/C68H120O6/c1-4-7-10-13-16-19-21-23-24-25-26-27-28-29-30-31-32-33-34-35-36-37-38-39-40-41-42-43-44-46-47-49-52-55-58-61-67(70)73-64-65(63-72-66(69)60-57-54-51-18-15-12-9-6-3)74-68(71)62-59-56-53-50-48-45-22-20-17-14-11-8-5-2/h8,11,17,20-21,23,25-26,45,48,53,56,65H,4-7,9-10,12-16,18-19,22,24,27-44,46-47,49-52,54-55,57-64H2,1-3H3/b11-8-,20-17-,23-21-,26-25-,48-45-,56-53-. The van der Waals surface area contributed by atoms with E-state index in [1.807, 2.05) is 6.08 Å². The molecule has 1 unspecified atom stereocenters. The predicted octanol–water partition coefficient (Wildman–Crippen LogP) is 21.7. The second-order valence-electron chi connectivity index (χ2n) is 21.3. The summed E-state index contributed by atoms with van der Waals surface area (Å²) >= 11 is 0. The zero-order chi connectivity index (χ0) is 53.6. The van der Waals surface area contributed by atoms with E-state index in [-0.39, 0.29) is 37.5 Å². The highest BCUT2D eigenvalue weighted by atomic mass is 16.6. The summed E-state index contributed by atoms with van der Waals surface area (Å²) in [5, 5.41) is 0. The fourth-order valence-corrected chi connectivity index (χ4v) is 9.20. The van der Waals surface area contributed by atoms with Crippen LogP contribution in [0.2, 0.25) is 0 Å². The third-order valence-electron chi connectivity index (χ3n) is 14.0. The monoisotopic (exact) mass is 1030 g/mol. The Morgan fingerprint density at radius 3 is 0.878 bits per heavy atom. The van der Waals surface area contributed by atoms with Crippen molar-refractivity contribution in [1.29, 1.82) is 0 Å². The van der Waals surface area contributed by atoms with Gasteiger partial charge in [0, 0.05) is 19.3 Å². The molecule has 0 aliphatic rings. The van der Waals surface area contributed by atoms with Crippen LogP contribution in [0.3, 0.4) is 0 Å². The first kappa shape index (κ1) is 70.8.